The van der Waals surface area contributed by atoms with Gasteiger partial charge in [0.15, 0.2) is 17.5 Å². The normalized spacial score (nSPS) is 16.0. The Morgan fingerprint density at radius 2 is 1.72 bits per heavy atom. The fourth-order valence-corrected chi connectivity index (χ4v) is 4.58. The maximum Gasteiger partial charge on any atom is 0.246 e. The highest BCUT2D eigenvalue weighted by atomic mass is 32.2. The van der Waals surface area contributed by atoms with Crippen LogP contribution in [0.1, 0.15) is 5.56 Å². The van der Waals surface area contributed by atoms with Crippen LogP contribution in [-0.2, 0) is 14.8 Å². The van der Waals surface area contributed by atoms with Gasteiger partial charge in [-0.3, -0.25) is 9.69 Å². The first-order valence-corrected chi connectivity index (χ1v) is 10.3. The molecule has 1 N–H and O–H groups in total. The second kappa shape index (κ2) is 8.52. The first kappa shape index (κ1) is 21.3. The molecule has 0 aliphatic carbocycles. The lowest BCUT2D eigenvalue weighted by Gasteiger charge is -2.33. The number of anilines is 1. The third-order valence-electron chi connectivity index (χ3n) is 4.62. The predicted molar refractivity (Wildman–Crippen MR) is 101 cm³/mol. The number of hydrogen-bond acceptors (Lipinski definition) is 4. The van der Waals surface area contributed by atoms with E-state index >= 15 is 0 Å². The lowest BCUT2D eigenvalue weighted by Crippen LogP contribution is -2.50. The van der Waals surface area contributed by atoms with Gasteiger partial charge in [0, 0.05) is 31.9 Å². The minimum atomic E-state index is -4.31. The Morgan fingerprint density at radius 3 is 2.38 bits per heavy atom. The van der Waals surface area contributed by atoms with Crippen LogP contribution in [0.4, 0.5) is 18.9 Å². The summed E-state index contributed by atoms with van der Waals surface area (Å²) in [5.41, 5.74) is 1.68. The fraction of sp³-hybridized carbons (Fsp3) is 0.316. The van der Waals surface area contributed by atoms with E-state index in [4.69, 9.17) is 0 Å². The molecule has 1 heterocycles. The summed E-state index contributed by atoms with van der Waals surface area (Å²) in [4.78, 5) is 13.1. The maximum absolute atomic E-state index is 13.9. The molecule has 1 fully saturated rings. The maximum atomic E-state index is 13.9. The molecule has 10 heteroatoms. The van der Waals surface area contributed by atoms with Crippen molar-refractivity contribution < 1.29 is 26.4 Å². The summed E-state index contributed by atoms with van der Waals surface area (Å²) in [6, 6.07) is 8.63. The first-order chi connectivity index (χ1) is 13.7. The van der Waals surface area contributed by atoms with Crippen molar-refractivity contribution in [2.24, 2.45) is 0 Å². The Balaban J connectivity index is 1.60. The van der Waals surface area contributed by atoms with Gasteiger partial charge >= 0.3 is 0 Å². The summed E-state index contributed by atoms with van der Waals surface area (Å²) in [6.07, 6.45) is 0. The molecule has 1 saturated heterocycles. The molecule has 0 aromatic heterocycles. The van der Waals surface area contributed by atoms with Gasteiger partial charge in [0.2, 0.25) is 15.9 Å². The standard InChI is InChI=1S/C19H20F3N3O3S/c1-13-3-2-4-14(11-13)23-17(26)12-24-7-9-25(10-8-24)29(27,28)16-6-5-15(20)18(21)19(16)22/h2-6,11H,7-10,12H2,1H3,(H,23,26). The molecule has 1 aliphatic heterocycles. The van der Waals surface area contributed by atoms with E-state index in [2.05, 4.69) is 5.32 Å². The summed E-state index contributed by atoms with van der Waals surface area (Å²) in [5.74, 6) is -5.24. The van der Waals surface area contributed by atoms with E-state index < -0.39 is 32.4 Å². The van der Waals surface area contributed by atoms with Crippen LogP contribution in [0.5, 0.6) is 0 Å². The minimum Gasteiger partial charge on any atom is -0.325 e. The number of amides is 1. The Bertz CT molecular complexity index is 1020. The van der Waals surface area contributed by atoms with Gasteiger partial charge in [-0.15, -0.1) is 0 Å². The molecule has 6 nitrogen and oxygen atoms in total. The Labute approximate surface area is 167 Å². The second-order valence-corrected chi connectivity index (χ2v) is 8.68. The smallest absolute Gasteiger partial charge is 0.246 e. The van der Waals surface area contributed by atoms with E-state index in [1.54, 1.807) is 11.0 Å². The molecule has 0 spiro atoms. The van der Waals surface area contributed by atoms with Gasteiger partial charge < -0.3 is 5.32 Å². The van der Waals surface area contributed by atoms with E-state index in [1.165, 1.54) is 0 Å². The van der Waals surface area contributed by atoms with Crippen LogP contribution in [0.15, 0.2) is 41.3 Å². The number of benzene rings is 2. The summed E-state index contributed by atoms with van der Waals surface area (Å²) in [6.45, 7) is 2.46. The quantitative estimate of drug-likeness (QED) is 0.744. The number of nitrogens with one attached hydrogen (secondary N) is 1. The number of hydrogen-bond donors (Lipinski definition) is 1. The molecule has 29 heavy (non-hydrogen) atoms. The third kappa shape index (κ3) is 4.77. The zero-order chi connectivity index (χ0) is 21.2. The number of sulfonamides is 1. The lowest BCUT2D eigenvalue weighted by atomic mass is 10.2. The van der Waals surface area contributed by atoms with Crippen LogP contribution < -0.4 is 5.32 Å². The van der Waals surface area contributed by atoms with Gasteiger partial charge in [-0.1, -0.05) is 12.1 Å². The zero-order valence-corrected chi connectivity index (χ0v) is 16.5. The number of carbonyl (C=O) groups excluding carboxylic acids is 1. The molecule has 0 radical (unpaired) electrons. The fourth-order valence-electron chi connectivity index (χ4n) is 3.10. The molecule has 1 amide bonds. The number of rotatable bonds is 5. The second-order valence-electron chi connectivity index (χ2n) is 6.77. The number of piperazine rings is 1. The van der Waals surface area contributed by atoms with E-state index in [-0.39, 0.29) is 38.6 Å². The molecule has 156 valence electrons. The molecule has 1 aliphatic rings. The highest BCUT2D eigenvalue weighted by molar-refractivity contribution is 7.89. The van der Waals surface area contributed by atoms with Gasteiger partial charge in [0.1, 0.15) is 4.90 Å². The summed E-state index contributed by atoms with van der Waals surface area (Å²) in [7, 11) is -4.31. The van der Waals surface area contributed by atoms with Crippen LogP contribution in [0.3, 0.4) is 0 Å². The van der Waals surface area contributed by atoms with Crippen LogP contribution in [-0.4, -0.2) is 56.3 Å². The molecular weight excluding hydrogens is 407 g/mol. The van der Waals surface area contributed by atoms with E-state index in [9.17, 15) is 26.4 Å². The van der Waals surface area contributed by atoms with Crippen molar-refractivity contribution in [1.82, 2.24) is 9.21 Å². The molecular formula is C19H20F3N3O3S. The monoisotopic (exact) mass is 427 g/mol. The molecule has 0 bridgehead atoms. The van der Waals surface area contributed by atoms with Gasteiger partial charge in [-0.2, -0.15) is 4.31 Å². The largest absolute Gasteiger partial charge is 0.325 e. The van der Waals surface area contributed by atoms with Crippen LogP contribution in [0, 0.1) is 24.4 Å². The van der Waals surface area contributed by atoms with Gasteiger partial charge in [0.05, 0.1) is 6.54 Å². The van der Waals surface area contributed by atoms with Crippen LogP contribution >= 0.6 is 0 Å². The van der Waals surface area contributed by atoms with Crippen molar-refractivity contribution in [1.29, 1.82) is 0 Å². The van der Waals surface area contributed by atoms with Crippen molar-refractivity contribution in [2.75, 3.05) is 38.0 Å². The van der Waals surface area contributed by atoms with E-state index in [1.807, 2.05) is 25.1 Å². The third-order valence-corrected chi connectivity index (χ3v) is 6.53. The molecule has 2 aromatic rings. The average molecular weight is 427 g/mol. The molecule has 0 unspecified atom stereocenters. The molecule has 2 aromatic carbocycles. The summed E-state index contributed by atoms with van der Waals surface area (Å²) < 4.78 is 66.5. The highest BCUT2D eigenvalue weighted by Gasteiger charge is 2.32. The number of halogens is 3. The van der Waals surface area contributed by atoms with Crippen molar-refractivity contribution in [3.05, 3.63) is 59.4 Å². The zero-order valence-electron chi connectivity index (χ0n) is 15.7. The van der Waals surface area contributed by atoms with Crippen molar-refractivity contribution in [3.63, 3.8) is 0 Å². The Hall–Kier alpha value is -2.43. The number of aryl methyl sites for hydroxylation is 1. The van der Waals surface area contributed by atoms with Crippen LogP contribution in [0.25, 0.3) is 0 Å². The van der Waals surface area contributed by atoms with E-state index in [0.29, 0.717) is 17.8 Å². The Kier molecular flexibility index (Phi) is 6.25. The average Bonchev–Trinajstić information content (AvgIpc) is 2.66. The Morgan fingerprint density at radius 1 is 1.03 bits per heavy atom. The van der Waals surface area contributed by atoms with Gasteiger partial charge in [0.25, 0.3) is 0 Å². The minimum absolute atomic E-state index is 0.00149. The molecule has 0 saturated carbocycles. The first-order valence-electron chi connectivity index (χ1n) is 8.91. The van der Waals surface area contributed by atoms with Crippen LogP contribution in [0.2, 0.25) is 0 Å². The van der Waals surface area contributed by atoms with E-state index in [0.717, 1.165) is 9.87 Å². The van der Waals surface area contributed by atoms with Crippen molar-refractivity contribution in [2.45, 2.75) is 11.8 Å². The SMILES string of the molecule is Cc1cccc(NC(=O)CN2CCN(S(=O)(=O)c3ccc(F)c(F)c3F)CC2)c1. The molecule has 3 rings (SSSR count). The van der Waals surface area contributed by atoms with Crippen molar-refractivity contribution >= 4 is 21.6 Å². The number of nitrogens with zero attached hydrogens (tertiary/aromatic N) is 2. The summed E-state index contributed by atoms with van der Waals surface area (Å²) >= 11 is 0. The summed E-state index contributed by atoms with van der Waals surface area (Å²) in [5, 5.41) is 2.78. The number of carbonyl (C=O) groups is 1. The molecule has 0 atom stereocenters. The van der Waals surface area contributed by atoms with Gasteiger partial charge in [-0.05, 0) is 36.8 Å². The lowest BCUT2D eigenvalue weighted by molar-refractivity contribution is -0.117. The van der Waals surface area contributed by atoms with Crippen molar-refractivity contribution in [3.8, 4) is 0 Å². The predicted octanol–water partition coefficient (Wildman–Crippen LogP) is 2.36. The topological polar surface area (TPSA) is 69.7 Å². The van der Waals surface area contributed by atoms with Gasteiger partial charge in [-0.25, -0.2) is 21.6 Å². The highest BCUT2D eigenvalue weighted by Crippen LogP contribution is 2.24.